The Morgan fingerprint density at radius 2 is 1.83 bits per heavy atom. The molecular formula is C21H27N7O. The van der Waals surface area contributed by atoms with Crippen molar-refractivity contribution >= 4 is 11.9 Å². The Balaban J connectivity index is 1.56. The Hall–Kier alpha value is -2.84. The van der Waals surface area contributed by atoms with E-state index in [1.165, 1.54) is 0 Å². The molecule has 0 aliphatic carbocycles. The van der Waals surface area contributed by atoms with Gasteiger partial charge in [-0.3, -0.25) is 10.2 Å². The zero-order chi connectivity index (χ0) is 20.2. The minimum absolute atomic E-state index is 0.258. The summed E-state index contributed by atoms with van der Waals surface area (Å²) in [6, 6.07) is 12.3. The summed E-state index contributed by atoms with van der Waals surface area (Å²) in [7, 11) is 2.14. The first-order valence-electron chi connectivity index (χ1n) is 10.0. The van der Waals surface area contributed by atoms with E-state index in [-0.39, 0.29) is 6.29 Å². The van der Waals surface area contributed by atoms with Crippen molar-refractivity contribution in [1.29, 1.82) is 0 Å². The van der Waals surface area contributed by atoms with Crippen LogP contribution in [-0.4, -0.2) is 71.1 Å². The molecule has 3 heterocycles. The minimum Gasteiger partial charge on any atom is -0.407 e. The van der Waals surface area contributed by atoms with Crippen molar-refractivity contribution in [1.82, 2.24) is 25.1 Å². The summed E-state index contributed by atoms with van der Waals surface area (Å²) in [5, 5.41) is 3.19. The number of piperazine rings is 1. The third-order valence-electron chi connectivity index (χ3n) is 5.04. The highest BCUT2D eigenvalue weighted by Crippen LogP contribution is 2.21. The molecule has 1 N–H and O–H groups in total. The molecule has 1 aromatic carbocycles. The summed E-state index contributed by atoms with van der Waals surface area (Å²) >= 11 is 0. The number of aromatic nitrogens is 2. The zero-order valence-corrected chi connectivity index (χ0v) is 17.2. The lowest BCUT2D eigenvalue weighted by atomic mass is 10.1. The van der Waals surface area contributed by atoms with Gasteiger partial charge in [0.1, 0.15) is 11.7 Å². The van der Waals surface area contributed by atoms with E-state index >= 15 is 0 Å². The molecule has 0 bridgehead atoms. The monoisotopic (exact) mass is 393 g/mol. The Labute approximate surface area is 171 Å². The molecule has 2 aliphatic rings. The maximum Gasteiger partial charge on any atom is 0.300 e. The number of benzene rings is 1. The number of amidine groups is 2. The van der Waals surface area contributed by atoms with Crippen molar-refractivity contribution in [2.75, 3.05) is 33.2 Å². The van der Waals surface area contributed by atoms with Gasteiger partial charge in [-0.1, -0.05) is 37.3 Å². The van der Waals surface area contributed by atoms with Gasteiger partial charge in [0, 0.05) is 44.2 Å². The first-order valence-corrected chi connectivity index (χ1v) is 10.0. The fourth-order valence-electron chi connectivity index (χ4n) is 3.36. The van der Waals surface area contributed by atoms with Crippen LogP contribution in [0, 0.1) is 6.92 Å². The fourth-order valence-corrected chi connectivity index (χ4v) is 3.36. The number of aliphatic imine (C=N–C) groups is 2. The molecule has 1 aromatic heterocycles. The van der Waals surface area contributed by atoms with Crippen LogP contribution < -0.4 is 10.1 Å². The molecule has 1 fully saturated rings. The number of nitrogens with zero attached hydrogens (tertiary/aromatic N) is 6. The third kappa shape index (κ3) is 4.78. The molecular weight excluding hydrogens is 366 g/mol. The molecule has 2 aliphatic heterocycles. The van der Waals surface area contributed by atoms with Crippen LogP contribution in [0.15, 0.2) is 46.4 Å². The predicted molar refractivity (Wildman–Crippen MR) is 114 cm³/mol. The molecule has 8 nitrogen and oxygen atoms in total. The minimum atomic E-state index is -0.258. The van der Waals surface area contributed by atoms with Gasteiger partial charge in [0.05, 0.1) is 5.69 Å². The Morgan fingerprint density at radius 1 is 1.07 bits per heavy atom. The number of aryl methyl sites for hydroxylation is 1. The van der Waals surface area contributed by atoms with Crippen LogP contribution in [0.3, 0.4) is 0 Å². The molecule has 152 valence electrons. The van der Waals surface area contributed by atoms with E-state index in [0.717, 1.165) is 49.7 Å². The summed E-state index contributed by atoms with van der Waals surface area (Å²) in [5.41, 5.74) is 1.84. The normalized spacial score (nSPS) is 20.6. The summed E-state index contributed by atoms with van der Waals surface area (Å²) < 4.78 is 6.04. The highest BCUT2D eigenvalue weighted by Gasteiger charge is 2.26. The maximum absolute atomic E-state index is 6.04. The van der Waals surface area contributed by atoms with E-state index in [4.69, 9.17) is 14.7 Å². The van der Waals surface area contributed by atoms with Gasteiger partial charge in [-0.2, -0.15) is 9.98 Å². The Morgan fingerprint density at radius 3 is 2.55 bits per heavy atom. The second kappa shape index (κ2) is 8.67. The molecule has 4 rings (SSSR count). The van der Waals surface area contributed by atoms with Gasteiger partial charge in [0.2, 0.25) is 12.2 Å². The maximum atomic E-state index is 6.04. The van der Waals surface area contributed by atoms with E-state index in [9.17, 15) is 0 Å². The average molecular weight is 393 g/mol. The Kier molecular flexibility index (Phi) is 5.82. The third-order valence-corrected chi connectivity index (χ3v) is 5.04. The second-order valence-electron chi connectivity index (χ2n) is 7.28. The lowest BCUT2D eigenvalue weighted by Crippen LogP contribution is -2.51. The molecule has 0 saturated carbocycles. The van der Waals surface area contributed by atoms with Crippen LogP contribution >= 0.6 is 0 Å². The summed E-state index contributed by atoms with van der Waals surface area (Å²) in [6.07, 6.45) is 0.524. The standard InChI is InChI=1S/C21H27N7O/c1-4-18-24-20(28-12-10-27(3)11-13-28)26-21(25-18)29-19-14-17(22-15(2)23-19)16-8-6-5-7-9-16/h5-9,14,20H,4,10-13H2,1-3H3,(H,24,25,26). The number of nitrogens with one attached hydrogen (secondary N) is 1. The van der Waals surface area contributed by atoms with Gasteiger partial charge < -0.3 is 9.64 Å². The quantitative estimate of drug-likeness (QED) is 0.857. The molecule has 0 radical (unpaired) electrons. The fraction of sp³-hybridized carbons (Fsp3) is 0.429. The van der Waals surface area contributed by atoms with Gasteiger partial charge >= 0.3 is 0 Å². The molecule has 0 spiro atoms. The largest absolute Gasteiger partial charge is 0.407 e. The van der Waals surface area contributed by atoms with Gasteiger partial charge in [0.25, 0.3) is 6.02 Å². The van der Waals surface area contributed by atoms with Crippen molar-refractivity contribution in [3.05, 3.63) is 42.2 Å². The van der Waals surface area contributed by atoms with E-state index in [0.29, 0.717) is 17.7 Å². The lowest BCUT2D eigenvalue weighted by molar-refractivity contribution is 0.116. The van der Waals surface area contributed by atoms with Crippen LogP contribution in [0.4, 0.5) is 0 Å². The Bertz CT molecular complexity index is 905. The number of ether oxygens (including phenoxy) is 1. The first kappa shape index (κ1) is 19.5. The highest BCUT2D eigenvalue weighted by atomic mass is 16.5. The molecule has 0 amide bonds. The van der Waals surface area contributed by atoms with Gasteiger partial charge in [-0.15, -0.1) is 0 Å². The molecule has 1 unspecified atom stereocenters. The van der Waals surface area contributed by atoms with Crippen molar-refractivity contribution in [3.63, 3.8) is 0 Å². The van der Waals surface area contributed by atoms with Gasteiger partial charge in [0.15, 0.2) is 0 Å². The average Bonchev–Trinajstić information content (AvgIpc) is 2.74. The number of rotatable bonds is 4. The van der Waals surface area contributed by atoms with Crippen LogP contribution in [-0.2, 0) is 0 Å². The van der Waals surface area contributed by atoms with Crippen LogP contribution in [0.25, 0.3) is 11.3 Å². The SMILES string of the molecule is CCC1=NC(N2CCN(C)CC2)N=C(Oc2cc(-c3ccccc3)nc(C)n2)N1. The number of hydrogen-bond donors (Lipinski definition) is 1. The number of likely N-dealkylation sites (N-methyl/N-ethyl adjacent to an activating group) is 1. The number of hydrogen-bond acceptors (Lipinski definition) is 8. The van der Waals surface area contributed by atoms with E-state index < -0.39 is 0 Å². The summed E-state index contributed by atoms with van der Waals surface area (Å²) in [6.45, 7) is 7.82. The molecule has 8 heteroatoms. The van der Waals surface area contributed by atoms with Crippen molar-refractivity contribution < 1.29 is 4.74 Å². The second-order valence-corrected chi connectivity index (χ2v) is 7.28. The first-order chi connectivity index (χ1) is 14.1. The van der Waals surface area contributed by atoms with Gasteiger partial charge in [-0.05, 0) is 14.0 Å². The zero-order valence-electron chi connectivity index (χ0n) is 17.2. The van der Waals surface area contributed by atoms with Crippen LogP contribution in [0.2, 0.25) is 0 Å². The van der Waals surface area contributed by atoms with Crippen LogP contribution in [0.1, 0.15) is 19.2 Å². The predicted octanol–water partition coefficient (Wildman–Crippen LogP) is 2.13. The van der Waals surface area contributed by atoms with E-state index in [2.05, 4.69) is 39.1 Å². The highest BCUT2D eigenvalue weighted by molar-refractivity contribution is 5.99. The smallest absolute Gasteiger partial charge is 0.300 e. The molecule has 29 heavy (non-hydrogen) atoms. The van der Waals surface area contributed by atoms with Crippen LogP contribution in [0.5, 0.6) is 5.88 Å². The topological polar surface area (TPSA) is 78.2 Å². The lowest BCUT2D eigenvalue weighted by Gasteiger charge is -2.35. The summed E-state index contributed by atoms with van der Waals surface area (Å²) in [4.78, 5) is 23.0. The van der Waals surface area contributed by atoms with E-state index in [1.807, 2.05) is 43.3 Å². The van der Waals surface area contributed by atoms with Gasteiger partial charge in [-0.25, -0.2) is 9.98 Å². The van der Waals surface area contributed by atoms with Crippen molar-refractivity contribution in [2.24, 2.45) is 9.98 Å². The van der Waals surface area contributed by atoms with E-state index in [1.54, 1.807) is 0 Å². The van der Waals surface area contributed by atoms with Crippen molar-refractivity contribution in [3.8, 4) is 17.1 Å². The van der Waals surface area contributed by atoms with Crippen molar-refractivity contribution in [2.45, 2.75) is 26.6 Å². The summed E-state index contributed by atoms with van der Waals surface area (Å²) in [5.74, 6) is 1.99. The molecule has 2 aromatic rings. The molecule has 1 atom stereocenters. The molecule has 1 saturated heterocycles.